The number of urea groups is 1. The highest BCUT2D eigenvalue weighted by atomic mass is 16.5. The Hall–Kier alpha value is -1.18. The molecule has 1 aliphatic carbocycles. The number of carbonyl (C=O) groups excluding carboxylic acids is 2. The summed E-state index contributed by atoms with van der Waals surface area (Å²) < 4.78 is 5.28. The summed E-state index contributed by atoms with van der Waals surface area (Å²) in [4.78, 5) is 28.3. The highest BCUT2D eigenvalue weighted by Crippen LogP contribution is 2.36. The van der Waals surface area contributed by atoms with Gasteiger partial charge in [0, 0.05) is 19.6 Å². The van der Waals surface area contributed by atoms with Gasteiger partial charge in [0.05, 0.1) is 25.9 Å². The number of nitrogens with one attached hydrogen (secondary N) is 1. The summed E-state index contributed by atoms with van der Waals surface area (Å²) in [7, 11) is 0. The van der Waals surface area contributed by atoms with E-state index in [1.807, 2.05) is 0 Å². The van der Waals surface area contributed by atoms with Crippen LogP contribution in [0.4, 0.5) is 4.79 Å². The Morgan fingerprint density at radius 3 is 2.57 bits per heavy atom. The van der Waals surface area contributed by atoms with Crippen LogP contribution in [0.2, 0.25) is 0 Å². The van der Waals surface area contributed by atoms with E-state index in [4.69, 9.17) is 4.74 Å². The van der Waals surface area contributed by atoms with Gasteiger partial charge in [-0.15, -0.1) is 0 Å². The molecule has 2 aliphatic heterocycles. The molecule has 0 aromatic carbocycles. The molecule has 0 aromatic rings. The summed E-state index contributed by atoms with van der Waals surface area (Å²) >= 11 is 0. The van der Waals surface area contributed by atoms with E-state index in [1.165, 1.54) is 4.90 Å². The number of amides is 3. The Balaban J connectivity index is 1.57. The van der Waals surface area contributed by atoms with Gasteiger partial charge >= 0.3 is 6.03 Å². The zero-order valence-electron chi connectivity index (χ0n) is 13.8. The fourth-order valence-corrected chi connectivity index (χ4v) is 3.79. The van der Waals surface area contributed by atoms with E-state index in [1.54, 1.807) is 0 Å². The first-order valence-electron chi connectivity index (χ1n) is 8.62. The SMILES string of the molecule is CC1CCC2(CC1)NC(=O)N(CC(O)CN1CCOCC1)C2=O. The van der Waals surface area contributed by atoms with E-state index in [9.17, 15) is 14.7 Å². The van der Waals surface area contributed by atoms with Crippen LogP contribution in [0.5, 0.6) is 0 Å². The smallest absolute Gasteiger partial charge is 0.325 e. The molecule has 1 spiro atoms. The number of rotatable bonds is 4. The largest absolute Gasteiger partial charge is 0.390 e. The first-order chi connectivity index (χ1) is 11.0. The number of imide groups is 1. The predicted molar refractivity (Wildman–Crippen MR) is 83.9 cm³/mol. The molecule has 130 valence electrons. The van der Waals surface area contributed by atoms with Gasteiger partial charge in [0.25, 0.3) is 5.91 Å². The first kappa shape index (κ1) is 16.7. The quantitative estimate of drug-likeness (QED) is 0.721. The number of morpholine rings is 1. The van der Waals surface area contributed by atoms with Gasteiger partial charge in [0.1, 0.15) is 5.54 Å². The lowest BCUT2D eigenvalue weighted by Gasteiger charge is -2.34. The van der Waals surface area contributed by atoms with Crippen molar-refractivity contribution in [3.05, 3.63) is 0 Å². The van der Waals surface area contributed by atoms with Gasteiger partial charge in [0.15, 0.2) is 0 Å². The second-order valence-electron chi connectivity index (χ2n) is 7.18. The molecule has 3 amide bonds. The zero-order chi connectivity index (χ0) is 16.4. The second-order valence-corrected chi connectivity index (χ2v) is 7.18. The average Bonchev–Trinajstić information content (AvgIpc) is 2.76. The van der Waals surface area contributed by atoms with Crippen LogP contribution in [0, 0.1) is 5.92 Å². The molecule has 1 atom stereocenters. The molecule has 0 bridgehead atoms. The summed E-state index contributed by atoms with van der Waals surface area (Å²) in [6, 6.07) is -0.356. The highest BCUT2D eigenvalue weighted by molar-refractivity contribution is 6.07. The molecule has 3 aliphatic rings. The molecule has 2 N–H and O–H groups in total. The number of hydrogen-bond donors (Lipinski definition) is 2. The number of hydrogen-bond acceptors (Lipinski definition) is 5. The summed E-state index contributed by atoms with van der Waals surface area (Å²) in [5.74, 6) is 0.446. The van der Waals surface area contributed by atoms with Gasteiger partial charge in [-0.05, 0) is 31.6 Å². The fourth-order valence-electron chi connectivity index (χ4n) is 3.79. The van der Waals surface area contributed by atoms with Crippen LogP contribution >= 0.6 is 0 Å². The average molecular weight is 325 g/mol. The van der Waals surface area contributed by atoms with Crippen molar-refractivity contribution in [2.45, 2.75) is 44.2 Å². The Morgan fingerprint density at radius 1 is 1.26 bits per heavy atom. The van der Waals surface area contributed by atoms with Gasteiger partial charge < -0.3 is 15.2 Å². The Bertz CT molecular complexity index is 456. The van der Waals surface area contributed by atoms with Gasteiger partial charge in [-0.1, -0.05) is 6.92 Å². The van der Waals surface area contributed by atoms with Crippen molar-refractivity contribution in [1.29, 1.82) is 0 Å². The Kier molecular flexibility index (Phi) is 4.89. The third kappa shape index (κ3) is 3.51. The number of carbonyl (C=O) groups is 2. The number of nitrogens with zero attached hydrogens (tertiary/aromatic N) is 2. The lowest BCUT2D eigenvalue weighted by molar-refractivity contribution is -0.133. The zero-order valence-corrected chi connectivity index (χ0v) is 13.8. The number of aliphatic hydroxyl groups is 1. The molecule has 3 rings (SSSR count). The monoisotopic (exact) mass is 325 g/mol. The Morgan fingerprint density at radius 2 is 1.91 bits per heavy atom. The van der Waals surface area contributed by atoms with E-state index in [2.05, 4.69) is 17.1 Å². The summed E-state index contributed by atoms with van der Waals surface area (Å²) in [6.07, 6.45) is 2.59. The van der Waals surface area contributed by atoms with Crippen LogP contribution in [0.15, 0.2) is 0 Å². The minimum Gasteiger partial charge on any atom is -0.390 e. The van der Waals surface area contributed by atoms with Crippen molar-refractivity contribution in [1.82, 2.24) is 15.1 Å². The maximum Gasteiger partial charge on any atom is 0.325 e. The maximum atomic E-state index is 12.7. The number of β-amino-alcohol motifs (C(OH)–C–C–N with tert-alkyl or cyclic N) is 1. The lowest BCUT2D eigenvalue weighted by Crippen LogP contribution is -2.50. The second kappa shape index (κ2) is 6.75. The van der Waals surface area contributed by atoms with Crippen LogP contribution < -0.4 is 5.32 Å². The highest BCUT2D eigenvalue weighted by Gasteiger charge is 2.52. The van der Waals surface area contributed by atoms with Crippen molar-refractivity contribution < 1.29 is 19.4 Å². The predicted octanol–water partition coefficient (Wildman–Crippen LogP) is 0.180. The van der Waals surface area contributed by atoms with E-state index < -0.39 is 11.6 Å². The molecule has 2 heterocycles. The normalized spacial score (nSPS) is 34.0. The lowest BCUT2D eigenvalue weighted by atomic mass is 9.77. The molecular formula is C16H27N3O4. The van der Waals surface area contributed by atoms with Crippen LogP contribution in [0.25, 0.3) is 0 Å². The molecule has 2 saturated heterocycles. The van der Waals surface area contributed by atoms with Crippen molar-refractivity contribution >= 4 is 11.9 Å². The molecular weight excluding hydrogens is 298 g/mol. The third-order valence-corrected chi connectivity index (χ3v) is 5.34. The van der Waals surface area contributed by atoms with Crippen LogP contribution in [0.3, 0.4) is 0 Å². The van der Waals surface area contributed by atoms with Gasteiger partial charge in [-0.2, -0.15) is 0 Å². The van der Waals surface area contributed by atoms with E-state index >= 15 is 0 Å². The molecule has 1 unspecified atom stereocenters. The van der Waals surface area contributed by atoms with E-state index in [0.717, 1.165) is 25.9 Å². The fraction of sp³-hybridized carbons (Fsp3) is 0.875. The van der Waals surface area contributed by atoms with Gasteiger partial charge in [-0.25, -0.2) is 4.79 Å². The molecule has 1 saturated carbocycles. The number of ether oxygens (including phenoxy) is 1. The van der Waals surface area contributed by atoms with Crippen molar-refractivity contribution in [2.24, 2.45) is 5.92 Å². The third-order valence-electron chi connectivity index (χ3n) is 5.34. The van der Waals surface area contributed by atoms with Crippen molar-refractivity contribution in [3.63, 3.8) is 0 Å². The van der Waals surface area contributed by atoms with Gasteiger partial charge in [0.2, 0.25) is 0 Å². The minimum atomic E-state index is -0.722. The molecule has 3 fully saturated rings. The summed E-state index contributed by atoms with van der Waals surface area (Å²) in [5, 5.41) is 13.2. The molecule has 7 heteroatoms. The maximum absolute atomic E-state index is 12.7. The summed E-state index contributed by atoms with van der Waals surface area (Å²) in [6.45, 7) is 5.59. The Labute approximate surface area is 136 Å². The molecule has 0 radical (unpaired) electrons. The summed E-state index contributed by atoms with van der Waals surface area (Å²) in [5.41, 5.74) is -0.720. The van der Waals surface area contributed by atoms with E-state index in [0.29, 0.717) is 38.5 Å². The minimum absolute atomic E-state index is 0.0688. The van der Waals surface area contributed by atoms with Crippen molar-refractivity contribution in [3.8, 4) is 0 Å². The van der Waals surface area contributed by atoms with Gasteiger partial charge in [-0.3, -0.25) is 14.6 Å². The van der Waals surface area contributed by atoms with Crippen LogP contribution in [-0.2, 0) is 9.53 Å². The number of aliphatic hydroxyl groups excluding tert-OH is 1. The van der Waals surface area contributed by atoms with E-state index in [-0.39, 0.29) is 18.5 Å². The standard InChI is InChI=1S/C16H27N3O4/c1-12-2-4-16(5-3-12)14(21)19(15(22)17-16)11-13(20)10-18-6-8-23-9-7-18/h12-13,20H,2-11H2,1H3,(H,17,22). The molecule has 7 nitrogen and oxygen atoms in total. The molecule has 0 aromatic heterocycles. The van der Waals surface area contributed by atoms with Crippen LogP contribution in [-0.4, -0.2) is 77.9 Å². The van der Waals surface area contributed by atoms with Crippen molar-refractivity contribution in [2.75, 3.05) is 39.4 Å². The first-order valence-corrected chi connectivity index (χ1v) is 8.62. The van der Waals surface area contributed by atoms with Crippen LogP contribution in [0.1, 0.15) is 32.6 Å². The molecule has 23 heavy (non-hydrogen) atoms. The topological polar surface area (TPSA) is 82.1 Å².